The number of nitrogens with zero attached hydrogens (tertiary/aromatic N) is 6. The Hall–Kier alpha value is -2.59. The molecule has 4 fully saturated rings. The van der Waals surface area contributed by atoms with Gasteiger partial charge in [0.1, 0.15) is 5.82 Å². The van der Waals surface area contributed by atoms with E-state index in [4.69, 9.17) is 5.11 Å². The second-order valence-corrected chi connectivity index (χ2v) is 11.0. The van der Waals surface area contributed by atoms with E-state index in [1.807, 2.05) is 18.3 Å². The van der Waals surface area contributed by atoms with E-state index in [1.54, 1.807) is 4.90 Å². The number of pyridine rings is 1. The Morgan fingerprint density at radius 1 is 0.892 bits per heavy atom. The van der Waals surface area contributed by atoms with Gasteiger partial charge < -0.3 is 24.9 Å². The minimum atomic E-state index is -0.793. The molecule has 1 aromatic heterocycles. The van der Waals surface area contributed by atoms with Gasteiger partial charge in [-0.05, 0) is 57.6 Å². The highest BCUT2D eigenvalue weighted by molar-refractivity contribution is 5.66. The Labute approximate surface area is 220 Å². The van der Waals surface area contributed by atoms with E-state index in [2.05, 4.69) is 39.6 Å². The third-order valence-corrected chi connectivity index (χ3v) is 8.66. The van der Waals surface area contributed by atoms with E-state index in [9.17, 15) is 14.7 Å². The van der Waals surface area contributed by atoms with Crippen LogP contribution < -0.4 is 4.90 Å². The average Bonchev–Trinajstić information content (AvgIpc) is 2.88. The molecule has 5 rings (SSSR count). The summed E-state index contributed by atoms with van der Waals surface area (Å²) in [5.41, 5.74) is 0. The van der Waals surface area contributed by atoms with Gasteiger partial charge in [0.05, 0.1) is 6.04 Å². The van der Waals surface area contributed by atoms with Crippen LogP contribution in [0.5, 0.6) is 0 Å². The van der Waals surface area contributed by atoms with Crippen LogP contribution in [0.25, 0.3) is 0 Å². The molecule has 206 valence electrons. The van der Waals surface area contributed by atoms with Crippen molar-refractivity contribution >= 4 is 18.0 Å². The largest absolute Gasteiger partial charge is 0.465 e. The van der Waals surface area contributed by atoms with Crippen LogP contribution >= 0.6 is 0 Å². The van der Waals surface area contributed by atoms with Crippen LogP contribution in [0, 0.1) is 5.92 Å². The number of carbonyl (C=O) groups is 2. The zero-order chi connectivity index (χ0) is 26.4. The second kappa shape index (κ2) is 12.8. The molecule has 1 aliphatic carbocycles. The van der Waals surface area contributed by atoms with Crippen LogP contribution in [-0.2, 0) is 0 Å². The fraction of sp³-hybridized carbons (Fsp3) is 0.741. The predicted octanol–water partition coefficient (Wildman–Crippen LogP) is 3.21. The van der Waals surface area contributed by atoms with Crippen molar-refractivity contribution in [3.8, 4) is 0 Å². The van der Waals surface area contributed by atoms with Gasteiger partial charge in [0, 0.05) is 77.2 Å². The maximum atomic E-state index is 11.7. The van der Waals surface area contributed by atoms with Crippen molar-refractivity contribution in [3.63, 3.8) is 0 Å². The summed E-state index contributed by atoms with van der Waals surface area (Å²) in [4.78, 5) is 37.1. The van der Waals surface area contributed by atoms with Crippen molar-refractivity contribution in [2.75, 3.05) is 63.8 Å². The molecule has 10 nitrogen and oxygen atoms in total. The number of hydrogen-bond acceptors (Lipinski definition) is 6. The molecule has 1 aromatic rings. The Morgan fingerprint density at radius 2 is 1.59 bits per heavy atom. The van der Waals surface area contributed by atoms with Crippen molar-refractivity contribution in [2.24, 2.45) is 5.92 Å². The van der Waals surface area contributed by atoms with E-state index in [0.717, 1.165) is 57.9 Å². The van der Waals surface area contributed by atoms with Gasteiger partial charge in [0.15, 0.2) is 0 Å². The fourth-order valence-corrected chi connectivity index (χ4v) is 6.04. The number of carboxylic acid groups (broad SMARTS) is 2. The van der Waals surface area contributed by atoms with Crippen molar-refractivity contribution in [2.45, 2.75) is 64.1 Å². The number of piperidine rings is 1. The van der Waals surface area contributed by atoms with Gasteiger partial charge in [-0.25, -0.2) is 14.6 Å². The van der Waals surface area contributed by atoms with Gasteiger partial charge in [0.25, 0.3) is 0 Å². The summed E-state index contributed by atoms with van der Waals surface area (Å²) < 4.78 is 0. The number of anilines is 1. The number of piperazine rings is 2. The molecule has 1 saturated carbocycles. The molecule has 1 unspecified atom stereocenters. The Kier molecular flexibility index (Phi) is 9.48. The van der Waals surface area contributed by atoms with E-state index in [1.165, 1.54) is 24.2 Å². The quantitative estimate of drug-likeness (QED) is 0.629. The van der Waals surface area contributed by atoms with Gasteiger partial charge in [-0.3, -0.25) is 9.80 Å². The average molecular weight is 517 g/mol. The lowest BCUT2D eigenvalue weighted by Gasteiger charge is -2.49. The summed E-state index contributed by atoms with van der Waals surface area (Å²) in [7, 11) is 0. The number of rotatable bonds is 4. The summed E-state index contributed by atoms with van der Waals surface area (Å²) in [5.74, 6) is 1.50. The van der Waals surface area contributed by atoms with Crippen LogP contribution in [-0.4, -0.2) is 124 Å². The van der Waals surface area contributed by atoms with Crippen LogP contribution in [0.1, 0.15) is 46.0 Å². The zero-order valence-corrected chi connectivity index (χ0v) is 22.4. The van der Waals surface area contributed by atoms with E-state index >= 15 is 0 Å². The lowest BCUT2D eigenvalue weighted by Crippen LogP contribution is -2.61. The highest BCUT2D eigenvalue weighted by Crippen LogP contribution is 2.32. The monoisotopic (exact) mass is 516 g/mol. The summed E-state index contributed by atoms with van der Waals surface area (Å²) in [5, 5.41) is 18.3. The first kappa shape index (κ1) is 27.4. The molecule has 37 heavy (non-hydrogen) atoms. The highest BCUT2D eigenvalue weighted by Gasteiger charge is 2.40. The SMILES string of the molecule is CC(C)N1CCN(C(=O)O)CC1.O=C(O)N1CCN(C2CCC2)CC1C1CCN(c2ccccn2)CC1. The van der Waals surface area contributed by atoms with Crippen molar-refractivity contribution in [3.05, 3.63) is 24.4 Å². The molecular formula is C27H44N6O4. The van der Waals surface area contributed by atoms with E-state index < -0.39 is 12.2 Å². The maximum Gasteiger partial charge on any atom is 0.407 e. The molecule has 1 atom stereocenters. The molecule has 0 bridgehead atoms. The molecule has 10 heteroatoms. The summed E-state index contributed by atoms with van der Waals surface area (Å²) in [6, 6.07) is 7.41. The molecule has 2 amide bonds. The molecule has 4 heterocycles. The molecule has 0 spiro atoms. The predicted molar refractivity (Wildman–Crippen MR) is 143 cm³/mol. The summed E-state index contributed by atoms with van der Waals surface area (Å²) in [6.45, 7) is 11.7. The Balaban J connectivity index is 0.000000225. The molecule has 0 aromatic carbocycles. The summed E-state index contributed by atoms with van der Waals surface area (Å²) in [6.07, 6.45) is 6.30. The third-order valence-electron chi connectivity index (χ3n) is 8.66. The van der Waals surface area contributed by atoms with Crippen LogP contribution in [0.2, 0.25) is 0 Å². The minimum Gasteiger partial charge on any atom is -0.465 e. The van der Waals surface area contributed by atoms with Crippen molar-refractivity contribution < 1.29 is 19.8 Å². The maximum absolute atomic E-state index is 11.7. The van der Waals surface area contributed by atoms with Gasteiger partial charge in [0.2, 0.25) is 0 Å². The first-order valence-electron chi connectivity index (χ1n) is 13.9. The van der Waals surface area contributed by atoms with Gasteiger partial charge in [-0.15, -0.1) is 0 Å². The normalized spacial score (nSPS) is 24.4. The topological polar surface area (TPSA) is 104 Å². The van der Waals surface area contributed by atoms with E-state index in [-0.39, 0.29) is 6.04 Å². The Morgan fingerprint density at radius 3 is 2.11 bits per heavy atom. The van der Waals surface area contributed by atoms with Gasteiger partial charge in [-0.1, -0.05) is 12.5 Å². The standard InChI is InChI=1S/C19H28N4O2.C8H16N2O2/c24-19(25)23-13-12-22(16-4-3-5-16)14-17(23)15-7-10-21(11-8-15)18-6-1-2-9-20-18;1-7(2)9-3-5-10(6-4-9)8(11)12/h1-2,6,9,15-17H,3-5,7-8,10-14H2,(H,24,25);7H,3-6H2,1-2H3,(H,11,12). The lowest BCUT2D eigenvalue weighted by molar-refractivity contribution is 0.00373. The van der Waals surface area contributed by atoms with Crippen molar-refractivity contribution in [1.82, 2.24) is 24.6 Å². The molecule has 3 aliphatic heterocycles. The highest BCUT2D eigenvalue weighted by atomic mass is 16.4. The zero-order valence-electron chi connectivity index (χ0n) is 22.4. The number of aromatic nitrogens is 1. The fourth-order valence-electron chi connectivity index (χ4n) is 6.04. The first-order chi connectivity index (χ1) is 17.8. The van der Waals surface area contributed by atoms with Crippen LogP contribution in [0.4, 0.5) is 15.4 Å². The number of hydrogen-bond donors (Lipinski definition) is 2. The van der Waals surface area contributed by atoms with Gasteiger partial charge >= 0.3 is 12.2 Å². The molecule has 4 aliphatic rings. The smallest absolute Gasteiger partial charge is 0.407 e. The Bertz CT molecular complexity index is 867. The molecule has 3 saturated heterocycles. The molecule has 0 radical (unpaired) electrons. The van der Waals surface area contributed by atoms with Crippen LogP contribution in [0.3, 0.4) is 0 Å². The third kappa shape index (κ3) is 7.04. The van der Waals surface area contributed by atoms with E-state index in [0.29, 0.717) is 37.6 Å². The van der Waals surface area contributed by atoms with Crippen LogP contribution in [0.15, 0.2) is 24.4 Å². The van der Waals surface area contributed by atoms with Crippen molar-refractivity contribution in [1.29, 1.82) is 0 Å². The summed E-state index contributed by atoms with van der Waals surface area (Å²) >= 11 is 0. The second-order valence-electron chi connectivity index (χ2n) is 11.0. The first-order valence-corrected chi connectivity index (χ1v) is 13.9. The van der Waals surface area contributed by atoms with Gasteiger partial charge in [-0.2, -0.15) is 0 Å². The molecule has 2 N–H and O–H groups in total. The molecular weight excluding hydrogens is 472 g/mol. The number of amides is 2. The minimum absolute atomic E-state index is 0.151. The lowest BCUT2D eigenvalue weighted by atomic mass is 9.84.